The number of aromatic nitrogens is 2. The summed E-state index contributed by atoms with van der Waals surface area (Å²) in [7, 11) is 3.82. The molecule has 5 rings (SSSR count). The largest absolute Gasteiger partial charge is 0.416 e. The number of fused-ring (bicyclic) bond motifs is 1. The van der Waals surface area contributed by atoms with E-state index in [4.69, 9.17) is 4.74 Å². The van der Waals surface area contributed by atoms with Gasteiger partial charge in [-0.1, -0.05) is 12.1 Å². The third-order valence-electron chi connectivity index (χ3n) is 6.74. The fourth-order valence-electron chi connectivity index (χ4n) is 4.84. The highest BCUT2D eigenvalue weighted by Crippen LogP contribution is 2.42. The van der Waals surface area contributed by atoms with Crippen LogP contribution in [0.4, 0.5) is 26.3 Å². The smallest absolute Gasteiger partial charge is 0.373 e. The van der Waals surface area contributed by atoms with Crippen molar-refractivity contribution in [2.75, 3.05) is 40.3 Å². The Hall–Kier alpha value is -3.36. The number of carbonyl (C=O) groups is 1. The second-order valence-corrected chi connectivity index (χ2v) is 11.0. The van der Waals surface area contributed by atoms with Crippen LogP contribution in [0.25, 0.3) is 16.5 Å². The second-order valence-electron chi connectivity index (χ2n) is 10.0. The lowest BCUT2D eigenvalue weighted by Gasteiger charge is -2.34. The number of carbonyl (C=O) groups excluding carboxylic acids is 1. The van der Waals surface area contributed by atoms with E-state index in [2.05, 4.69) is 15.2 Å². The van der Waals surface area contributed by atoms with E-state index >= 15 is 0 Å². The number of rotatable bonds is 5. The molecular weight excluding hydrogens is 572 g/mol. The summed E-state index contributed by atoms with van der Waals surface area (Å²) in [4.78, 5) is 21.5. The van der Waals surface area contributed by atoms with Gasteiger partial charge in [0.2, 0.25) is 0 Å². The molecule has 1 fully saturated rings. The van der Waals surface area contributed by atoms with Gasteiger partial charge in [-0.25, -0.2) is 0 Å². The number of H-pyrrole nitrogens is 1. The first kappa shape index (κ1) is 29.1. The van der Waals surface area contributed by atoms with Crippen LogP contribution >= 0.6 is 11.8 Å². The van der Waals surface area contributed by atoms with Crippen LogP contribution in [0.2, 0.25) is 0 Å². The molecule has 0 aliphatic carbocycles. The molecule has 1 atom stereocenters. The molecule has 218 valence electrons. The molecular formula is C27H25F6N5O2S. The van der Waals surface area contributed by atoms with Crippen molar-refractivity contribution in [1.82, 2.24) is 20.0 Å². The van der Waals surface area contributed by atoms with Gasteiger partial charge in [-0.2, -0.15) is 36.4 Å². The lowest BCUT2D eigenvalue weighted by atomic mass is 9.92. The molecule has 1 saturated heterocycles. The van der Waals surface area contributed by atoms with Crippen LogP contribution in [0.5, 0.6) is 0 Å². The molecule has 0 radical (unpaired) electrons. The molecule has 0 spiro atoms. The summed E-state index contributed by atoms with van der Waals surface area (Å²) >= 11 is 1.05. The number of hydrogen-bond donors (Lipinski definition) is 1. The van der Waals surface area contributed by atoms with Crippen molar-refractivity contribution in [3.63, 3.8) is 0 Å². The summed E-state index contributed by atoms with van der Waals surface area (Å²) in [5.41, 5.74) is -1.87. The minimum atomic E-state index is -5.05. The third kappa shape index (κ3) is 6.44. The summed E-state index contributed by atoms with van der Waals surface area (Å²) in [6.45, 7) is 2.01. The summed E-state index contributed by atoms with van der Waals surface area (Å²) in [6, 6.07) is 6.54. The average Bonchev–Trinajstić information content (AvgIpc) is 3.52. The second kappa shape index (κ2) is 11.1. The fraction of sp³-hybridized carbons (Fsp3) is 0.370. The maximum absolute atomic E-state index is 14.0. The number of ether oxygens (including phenoxy) is 1. The van der Waals surface area contributed by atoms with Gasteiger partial charge in [0.05, 0.1) is 40.5 Å². The molecule has 0 bridgehead atoms. The number of allylic oxidation sites excluding steroid dienone is 1. The topological polar surface area (TPSA) is 73.8 Å². The first-order valence-corrected chi connectivity index (χ1v) is 13.4. The number of amides is 1. The van der Waals surface area contributed by atoms with E-state index in [-0.39, 0.29) is 28.2 Å². The van der Waals surface area contributed by atoms with Crippen LogP contribution in [-0.4, -0.2) is 77.5 Å². The highest BCUT2D eigenvalue weighted by Gasteiger charge is 2.39. The van der Waals surface area contributed by atoms with E-state index in [0.717, 1.165) is 17.8 Å². The predicted octanol–water partition coefficient (Wildman–Crippen LogP) is 5.45. The van der Waals surface area contributed by atoms with Gasteiger partial charge >= 0.3 is 12.4 Å². The molecule has 3 aromatic rings. The van der Waals surface area contributed by atoms with Crippen LogP contribution in [0.1, 0.15) is 22.3 Å². The van der Waals surface area contributed by atoms with Crippen LogP contribution in [0, 0.1) is 0 Å². The Morgan fingerprint density at radius 2 is 1.90 bits per heavy atom. The quantitative estimate of drug-likeness (QED) is 0.312. The molecule has 2 aromatic carbocycles. The molecule has 14 heteroatoms. The Labute approximate surface area is 235 Å². The number of morpholine rings is 1. The lowest BCUT2D eigenvalue weighted by Crippen LogP contribution is -2.47. The molecule has 1 aromatic heterocycles. The maximum atomic E-state index is 14.0. The van der Waals surface area contributed by atoms with Gasteiger partial charge in [0.15, 0.2) is 5.17 Å². The SMILES string of the molecule is CN(C)CC1CN(C2=NC(=O)C(=C(Cc3ccc(C(F)(F)F)cc3C(F)(F)F)c3ccc4[nH]ncc4c3)S2)CCO1. The third-order valence-corrected chi connectivity index (χ3v) is 7.89. The highest BCUT2D eigenvalue weighted by molar-refractivity contribution is 8.18. The number of likely N-dealkylation sites (N-methyl/N-ethyl adjacent to an activating group) is 1. The average molecular weight is 598 g/mol. The van der Waals surface area contributed by atoms with Gasteiger partial charge in [0.25, 0.3) is 5.91 Å². The Morgan fingerprint density at radius 1 is 1.12 bits per heavy atom. The van der Waals surface area contributed by atoms with Crippen molar-refractivity contribution in [1.29, 1.82) is 0 Å². The van der Waals surface area contributed by atoms with Gasteiger partial charge in [-0.05, 0) is 73.2 Å². The van der Waals surface area contributed by atoms with Gasteiger partial charge in [-0.3, -0.25) is 9.89 Å². The van der Waals surface area contributed by atoms with Gasteiger partial charge in [0, 0.05) is 25.0 Å². The monoisotopic (exact) mass is 597 g/mol. The van der Waals surface area contributed by atoms with Crippen molar-refractivity contribution in [2.45, 2.75) is 24.9 Å². The highest BCUT2D eigenvalue weighted by atomic mass is 32.2. The maximum Gasteiger partial charge on any atom is 0.416 e. The normalized spacial score (nSPS) is 19.8. The van der Waals surface area contributed by atoms with Gasteiger partial charge in [0.1, 0.15) is 0 Å². The zero-order valence-electron chi connectivity index (χ0n) is 21.9. The number of benzene rings is 2. The standard InChI is InChI=1S/C27H25F6N5O2S/c1-37(2)13-19-14-38(7-8-40-19)25-35-24(39)23(41-25)20(15-4-6-22-17(9-15)12-34-36-22)10-16-3-5-18(26(28,29)30)11-21(16)27(31,32)33/h3-6,9,11-12,19H,7-8,10,13-14H2,1-2H3,(H,34,36). The predicted molar refractivity (Wildman–Crippen MR) is 143 cm³/mol. The van der Waals surface area contributed by atoms with Crippen molar-refractivity contribution in [2.24, 2.45) is 4.99 Å². The van der Waals surface area contributed by atoms with E-state index in [1.165, 1.54) is 6.20 Å². The summed E-state index contributed by atoms with van der Waals surface area (Å²) < 4.78 is 87.7. The lowest BCUT2D eigenvalue weighted by molar-refractivity contribution is -0.143. The van der Waals surface area contributed by atoms with E-state index < -0.39 is 35.8 Å². The van der Waals surface area contributed by atoms with Gasteiger partial charge < -0.3 is 14.5 Å². The van der Waals surface area contributed by atoms with Crippen molar-refractivity contribution < 1.29 is 35.9 Å². The van der Waals surface area contributed by atoms with Crippen LogP contribution in [0.3, 0.4) is 0 Å². The molecule has 0 saturated carbocycles. The Bertz CT molecular complexity index is 1530. The van der Waals surface area contributed by atoms with Crippen molar-refractivity contribution >= 4 is 39.3 Å². The van der Waals surface area contributed by atoms with E-state index in [1.807, 2.05) is 23.9 Å². The number of alkyl halides is 6. The number of halogens is 6. The first-order chi connectivity index (χ1) is 19.3. The molecule has 3 heterocycles. The zero-order chi connectivity index (χ0) is 29.5. The Kier molecular flexibility index (Phi) is 7.92. The van der Waals surface area contributed by atoms with E-state index in [9.17, 15) is 31.1 Å². The van der Waals surface area contributed by atoms with Crippen LogP contribution in [0.15, 0.2) is 52.5 Å². The molecule has 1 unspecified atom stereocenters. The van der Waals surface area contributed by atoms with Crippen LogP contribution < -0.4 is 0 Å². The molecule has 2 aliphatic rings. The fourth-order valence-corrected chi connectivity index (χ4v) is 5.89. The zero-order valence-corrected chi connectivity index (χ0v) is 22.8. The number of nitrogens with one attached hydrogen (secondary N) is 1. The molecule has 41 heavy (non-hydrogen) atoms. The van der Waals surface area contributed by atoms with Crippen LogP contribution in [-0.2, 0) is 28.3 Å². The van der Waals surface area contributed by atoms with E-state index in [0.29, 0.717) is 53.9 Å². The minimum absolute atomic E-state index is 0.112. The number of aromatic amines is 1. The molecule has 7 nitrogen and oxygen atoms in total. The van der Waals surface area contributed by atoms with Gasteiger partial charge in [-0.15, -0.1) is 0 Å². The number of aliphatic imine (C=N–C) groups is 1. The van der Waals surface area contributed by atoms with Crippen molar-refractivity contribution in [3.8, 4) is 0 Å². The van der Waals surface area contributed by atoms with E-state index in [1.54, 1.807) is 18.2 Å². The summed E-state index contributed by atoms with van der Waals surface area (Å²) in [6.07, 6.45) is -9.04. The number of nitrogens with zero attached hydrogens (tertiary/aromatic N) is 4. The first-order valence-electron chi connectivity index (χ1n) is 12.6. The molecule has 1 N–H and O–H groups in total. The van der Waals surface area contributed by atoms with Crippen molar-refractivity contribution in [3.05, 3.63) is 69.8 Å². The Morgan fingerprint density at radius 3 is 2.61 bits per heavy atom. The molecule has 1 amide bonds. The Balaban J connectivity index is 1.56. The minimum Gasteiger partial charge on any atom is -0.373 e. The number of amidine groups is 1. The number of hydrogen-bond acceptors (Lipinski definition) is 6. The summed E-state index contributed by atoms with van der Waals surface area (Å²) in [5.74, 6) is -0.622. The summed E-state index contributed by atoms with van der Waals surface area (Å²) in [5, 5.41) is 7.82. The molecule has 2 aliphatic heterocycles. The number of thioether (sulfide) groups is 1.